The minimum absolute atomic E-state index is 0.328. The van der Waals surface area contributed by atoms with E-state index in [-0.39, 0.29) is 0 Å². The zero-order valence-corrected chi connectivity index (χ0v) is 13.3. The highest BCUT2D eigenvalue weighted by molar-refractivity contribution is 4.83. The standard InChI is InChI=1S/C15H33N3/c1-13(2)16-8-7-14(3)17-9-11-18(12-10-17)15(4,5)6/h13-14,16H,7-12H2,1-6H3. The van der Waals surface area contributed by atoms with E-state index >= 15 is 0 Å². The van der Waals surface area contributed by atoms with Crippen molar-refractivity contribution in [2.45, 2.75) is 65.6 Å². The molecule has 1 aliphatic heterocycles. The van der Waals surface area contributed by atoms with Gasteiger partial charge in [-0.25, -0.2) is 0 Å². The van der Waals surface area contributed by atoms with Crippen LogP contribution >= 0.6 is 0 Å². The third-order valence-corrected chi connectivity index (χ3v) is 4.00. The van der Waals surface area contributed by atoms with Crippen LogP contribution in [0.4, 0.5) is 0 Å². The fraction of sp³-hybridized carbons (Fsp3) is 1.00. The summed E-state index contributed by atoms with van der Waals surface area (Å²) in [6.45, 7) is 19.8. The van der Waals surface area contributed by atoms with Crippen LogP contribution in [0.3, 0.4) is 0 Å². The van der Waals surface area contributed by atoms with Gasteiger partial charge < -0.3 is 5.32 Å². The Kier molecular flexibility index (Phi) is 6.09. The lowest BCUT2D eigenvalue weighted by atomic mass is 10.0. The van der Waals surface area contributed by atoms with E-state index in [1.807, 2.05) is 0 Å². The molecule has 108 valence electrons. The molecule has 0 aromatic rings. The molecule has 1 saturated heterocycles. The first-order chi connectivity index (χ1) is 8.30. The molecule has 1 fully saturated rings. The van der Waals surface area contributed by atoms with Crippen molar-refractivity contribution in [2.24, 2.45) is 0 Å². The van der Waals surface area contributed by atoms with Gasteiger partial charge in [-0.3, -0.25) is 9.80 Å². The predicted octanol–water partition coefficient (Wildman–Crippen LogP) is 2.18. The maximum Gasteiger partial charge on any atom is 0.0126 e. The SMILES string of the molecule is CC(C)NCCC(C)N1CCN(C(C)(C)C)CC1. The summed E-state index contributed by atoms with van der Waals surface area (Å²) in [5.41, 5.74) is 0.328. The summed E-state index contributed by atoms with van der Waals surface area (Å²) in [4.78, 5) is 5.24. The molecule has 0 bridgehead atoms. The van der Waals surface area contributed by atoms with E-state index in [0.29, 0.717) is 17.6 Å². The largest absolute Gasteiger partial charge is 0.314 e. The molecule has 0 saturated carbocycles. The Morgan fingerprint density at radius 3 is 2.00 bits per heavy atom. The summed E-state index contributed by atoms with van der Waals surface area (Å²) in [5, 5.41) is 3.51. The van der Waals surface area contributed by atoms with Gasteiger partial charge in [-0.2, -0.15) is 0 Å². The summed E-state index contributed by atoms with van der Waals surface area (Å²) < 4.78 is 0. The third kappa shape index (κ3) is 5.25. The zero-order valence-electron chi connectivity index (χ0n) is 13.3. The molecule has 1 unspecified atom stereocenters. The second-order valence-electron chi connectivity index (χ2n) is 6.94. The normalized spacial score (nSPS) is 21.5. The molecule has 0 aromatic carbocycles. The van der Waals surface area contributed by atoms with Crippen molar-refractivity contribution in [3.8, 4) is 0 Å². The predicted molar refractivity (Wildman–Crippen MR) is 80.1 cm³/mol. The molecule has 0 aliphatic carbocycles. The van der Waals surface area contributed by atoms with Crippen molar-refractivity contribution in [1.82, 2.24) is 15.1 Å². The van der Waals surface area contributed by atoms with E-state index in [1.165, 1.54) is 32.6 Å². The monoisotopic (exact) mass is 255 g/mol. The highest BCUT2D eigenvalue weighted by Gasteiger charge is 2.27. The summed E-state index contributed by atoms with van der Waals surface area (Å²) in [6, 6.07) is 1.31. The Hall–Kier alpha value is -0.120. The fourth-order valence-corrected chi connectivity index (χ4v) is 2.60. The fourth-order valence-electron chi connectivity index (χ4n) is 2.60. The van der Waals surface area contributed by atoms with Crippen molar-refractivity contribution in [3.63, 3.8) is 0 Å². The number of rotatable bonds is 5. The Labute approximate surface area is 114 Å². The number of piperazine rings is 1. The van der Waals surface area contributed by atoms with Crippen LogP contribution in [-0.2, 0) is 0 Å². The summed E-state index contributed by atoms with van der Waals surface area (Å²) >= 11 is 0. The van der Waals surface area contributed by atoms with Gasteiger partial charge in [0, 0.05) is 43.8 Å². The molecule has 3 heteroatoms. The van der Waals surface area contributed by atoms with Gasteiger partial charge in [0.25, 0.3) is 0 Å². The quantitative estimate of drug-likeness (QED) is 0.812. The second kappa shape index (κ2) is 6.88. The molecular weight excluding hydrogens is 222 g/mol. The van der Waals surface area contributed by atoms with E-state index in [1.54, 1.807) is 0 Å². The van der Waals surface area contributed by atoms with Gasteiger partial charge in [-0.15, -0.1) is 0 Å². The van der Waals surface area contributed by atoms with E-state index in [4.69, 9.17) is 0 Å². The van der Waals surface area contributed by atoms with Crippen molar-refractivity contribution in [1.29, 1.82) is 0 Å². The molecule has 0 aromatic heterocycles. The van der Waals surface area contributed by atoms with Crippen LogP contribution in [0.1, 0.15) is 48.0 Å². The topological polar surface area (TPSA) is 18.5 Å². The van der Waals surface area contributed by atoms with Gasteiger partial charge >= 0.3 is 0 Å². The van der Waals surface area contributed by atoms with Crippen LogP contribution in [0.2, 0.25) is 0 Å². The van der Waals surface area contributed by atoms with E-state index in [0.717, 1.165) is 6.54 Å². The van der Waals surface area contributed by atoms with Crippen LogP contribution in [0.25, 0.3) is 0 Å². The molecule has 18 heavy (non-hydrogen) atoms. The Morgan fingerprint density at radius 1 is 1.00 bits per heavy atom. The van der Waals surface area contributed by atoms with Crippen LogP contribution in [0.5, 0.6) is 0 Å². The van der Waals surface area contributed by atoms with Gasteiger partial charge in [-0.1, -0.05) is 13.8 Å². The smallest absolute Gasteiger partial charge is 0.0126 e. The van der Waals surface area contributed by atoms with Crippen LogP contribution in [0, 0.1) is 0 Å². The third-order valence-electron chi connectivity index (χ3n) is 4.00. The first-order valence-electron chi connectivity index (χ1n) is 7.53. The van der Waals surface area contributed by atoms with Crippen molar-refractivity contribution >= 4 is 0 Å². The van der Waals surface area contributed by atoms with Crippen molar-refractivity contribution in [3.05, 3.63) is 0 Å². The average Bonchev–Trinajstić information content (AvgIpc) is 2.27. The molecule has 3 nitrogen and oxygen atoms in total. The molecule has 1 heterocycles. The van der Waals surface area contributed by atoms with Gasteiger partial charge in [0.1, 0.15) is 0 Å². The molecule has 0 spiro atoms. The Morgan fingerprint density at radius 2 is 1.56 bits per heavy atom. The molecule has 0 amide bonds. The summed E-state index contributed by atoms with van der Waals surface area (Å²) in [7, 11) is 0. The van der Waals surface area contributed by atoms with Gasteiger partial charge in [-0.05, 0) is 40.7 Å². The van der Waals surface area contributed by atoms with E-state index in [9.17, 15) is 0 Å². The molecule has 1 N–H and O–H groups in total. The van der Waals surface area contributed by atoms with Crippen LogP contribution < -0.4 is 5.32 Å². The minimum atomic E-state index is 0.328. The second-order valence-corrected chi connectivity index (χ2v) is 6.94. The van der Waals surface area contributed by atoms with Crippen molar-refractivity contribution < 1.29 is 0 Å². The van der Waals surface area contributed by atoms with Crippen LogP contribution in [0.15, 0.2) is 0 Å². The molecular formula is C15H33N3. The van der Waals surface area contributed by atoms with Gasteiger partial charge in [0.15, 0.2) is 0 Å². The molecule has 1 rings (SSSR count). The summed E-state index contributed by atoms with van der Waals surface area (Å²) in [5.74, 6) is 0. The number of nitrogens with one attached hydrogen (secondary N) is 1. The summed E-state index contributed by atoms with van der Waals surface area (Å²) in [6.07, 6.45) is 1.26. The van der Waals surface area contributed by atoms with E-state index < -0.39 is 0 Å². The number of nitrogens with zero attached hydrogens (tertiary/aromatic N) is 2. The number of hydrogen-bond acceptors (Lipinski definition) is 3. The maximum absolute atomic E-state index is 3.51. The van der Waals surface area contributed by atoms with Crippen LogP contribution in [-0.4, -0.2) is 60.1 Å². The molecule has 0 radical (unpaired) electrons. The maximum atomic E-state index is 3.51. The Balaban J connectivity index is 2.25. The lowest BCUT2D eigenvalue weighted by Crippen LogP contribution is -2.55. The average molecular weight is 255 g/mol. The van der Waals surface area contributed by atoms with Crippen molar-refractivity contribution in [2.75, 3.05) is 32.7 Å². The lowest BCUT2D eigenvalue weighted by molar-refractivity contribution is 0.0439. The lowest BCUT2D eigenvalue weighted by Gasteiger charge is -2.44. The first kappa shape index (κ1) is 15.9. The highest BCUT2D eigenvalue weighted by Crippen LogP contribution is 2.17. The highest BCUT2D eigenvalue weighted by atomic mass is 15.3. The minimum Gasteiger partial charge on any atom is -0.314 e. The van der Waals surface area contributed by atoms with E-state index in [2.05, 4.69) is 56.7 Å². The molecule has 1 atom stereocenters. The first-order valence-corrected chi connectivity index (χ1v) is 7.53. The van der Waals surface area contributed by atoms with Gasteiger partial charge in [0.05, 0.1) is 0 Å². The Bertz CT molecular complexity index is 224. The molecule has 1 aliphatic rings. The number of hydrogen-bond donors (Lipinski definition) is 1. The zero-order chi connectivity index (χ0) is 13.8. The van der Waals surface area contributed by atoms with Gasteiger partial charge in [0.2, 0.25) is 0 Å².